The van der Waals surface area contributed by atoms with Gasteiger partial charge in [-0.05, 0) is 43.2 Å². The number of aryl methyl sites for hydroxylation is 2. The van der Waals surface area contributed by atoms with E-state index in [4.69, 9.17) is 0 Å². The molecule has 0 aliphatic heterocycles. The minimum absolute atomic E-state index is 0.228. The molecule has 0 unspecified atom stereocenters. The summed E-state index contributed by atoms with van der Waals surface area (Å²) in [6, 6.07) is 13.2. The molecule has 1 amide bonds. The van der Waals surface area contributed by atoms with Crippen LogP contribution < -0.4 is 5.43 Å². The van der Waals surface area contributed by atoms with Crippen LogP contribution in [-0.4, -0.2) is 12.1 Å². The maximum absolute atomic E-state index is 11.9. The maximum Gasteiger partial charge on any atom is 0.271 e. The first-order chi connectivity index (χ1) is 9.58. The molecule has 1 N–H and O–H groups in total. The average molecular weight is 331 g/mol. The molecule has 2 rings (SSSR count). The fraction of sp³-hybridized carbons (Fsp3) is 0.125. The van der Waals surface area contributed by atoms with Gasteiger partial charge in [0.2, 0.25) is 0 Å². The van der Waals surface area contributed by atoms with Crippen LogP contribution in [0.3, 0.4) is 0 Å². The van der Waals surface area contributed by atoms with Crippen LogP contribution >= 0.6 is 15.9 Å². The molecule has 0 spiro atoms. The first-order valence-corrected chi connectivity index (χ1v) is 7.02. The van der Waals surface area contributed by atoms with Gasteiger partial charge in [0.15, 0.2) is 0 Å². The van der Waals surface area contributed by atoms with Gasteiger partial charge in [-0.2, -0.15) is 5.10 Å². The first kappa shape index (κ1) is 14.5. The summed E-state index contributed by atoms with van der Waals surface area (Å²) >= 11 is 3.34. The molecule has 20 heavy (non-hydrogen) atoms. The van der Waals surface area contributed by atoms with Crippen molar-refractivity contribution >= 4 is 28.1 Å². The third kappa shape index (κ3) is 3.54. The third-order valence-electron chi connectivity index (χ3n) is 2.99. The molecule has 0 fully saturated rings. The van der Waals surface area contributed by atoms with Crippen LogP contribution in [0, 0.1) is 13.8 Å². The molecule has 102 valence electrons. The summed E-state index contributed by atoms with van der Waals surface area (Å²) < 4.78 is 0.865. The van der Waals surface area contributed by atoms with Gasteiger partial charge < -0.3 is 0 Å². The monoisotopic (exact) mass is 330 g/mol. The zero-order chi connectivity index (χ0) is 14.5. The fourth-order valence-electron chi connectivity index (χ4n) is 1.88. The van der Waals surface area contributed by atoms with Gasteiger partial charge >= 0.3 is 0 Å². The zero-order valence-electron chi connectivity index (χ0n) is 11.4. The SMILES string of the molecule is Cc1cccc(C)c1/C=N/NC(=O)c1cccc(Br)c1. The number of hydrogen-bond donors (Lipinski definition) is 1. The van der Waals surface area contributed by atoms with Crippen molar-refractivity contribution in [2.45, 2.75) is 13.8 Å². The Labute approximate surface area is 126 Å². The highest BCUT2D eigenvalue weighted by molar-refractivity contribution is 9.10. The highest BCUT2D eigenvalue weighted by Gasteiger charge is 2.04. The van der Waals surface area contributed by atoms with Crippen LogP contribution in [0.5, 0.6) is 0 Å². The van der Waals surface area contributed by atoms with Gasteiger partial charge in [0.25, 0.3) is 5.91 Å². The Balaban J connectivity index is 2.09. The lowest BCUT2D eigenvalue weighted by molar-refractivity contribution is 0.0955. The average Bonchev–Trinajstić information content (AvgIpc) is 2.42. The third-order valence-corrected chi connectivity index (χ3v) is 3.48. The number of carbonyl (C=O) groups excluding carboxylic acids is 1. The van der Waals surface area contributed by atoms with E-state index in [2.05, 4.69) is 26.5 Å². The van der Waals surface area contributed by atoms with E-state index in [1.54, 1.807) is 18.3 Å². The smallest absolute Gasteiger partial charge is 0.267 e. The Morgan fingerprint density at radius 1 is 1.15 bits per heavy atom. The summed E-state index contributed by atoms with van der Waals surface area (Å²) in [5.74, 6) is -0.228. The first-order valence-electron chi connectivity index (χ1n) is 6.23. The Bertz CT molecular complexity index is 645. The number of benzene rings is 2. The number of nitrogens with zero attached hydrogens (tertiary/aromatic N) is 1. The number of nitrogens with one attached hydrogen (secondary N) is 1. The minimum atomic E-state index is -0.228. The topological polar surface area (TPSA) is 41.5 Å². The lowest BCUT2D eigenvalue weighted by atomic mass is 10.0. The van der Waals surface area contributed by atoms with E-state index in [0.717, 1.165) is 21.2 Å². The number of amides is 1. The van der Waals surface area contributed by atoms with Crippen molar-refractivity contribution in [2.24, 2.45) is 5.10 Å². The molecule has 0 saturated carbocycles. The standard InChI is InChI=1S/C16H15BrN2O/c1-11-5-3-6-12(2)15(11)10-18-19-16(20)13-7-4-8-14(17)9-13/h3-10H,1-2H3,(H,19,20)/b18-10+. The van der Waals surface area contributed by atoms with Crippen LogP contribution in [0.2, 0.25) is 0 Å². The zero-order valence-corrected chi connectivity index (χ0v) is 12.9. The molecule has 2 aromatic rings. The van der Waals surface area contributed by atoms with E-state index in [1.807, 2.05) is 44.2 Å². The molecular formula is C16H15BrN2O. The number of carbonyl (C=O) groups is 1. The van der Waals surface area contributed by atoms with Crippen LogP contribution in [0.25, 0.3) is 0 Å². The quantitative estimate of drug-likeness (QED) is 0.674. The molecule has 0 aliphatic carbocycles. The van der Waals surface area contributed by atoms with Crippen LogP contribution in [-0.2, 0) is 0 Å². The lowest BCUT2D eigenvalue weighted by Gasteiger charge is -2.04. The summed E-state index contributed by atoms with van der Waals surface area (Å²) in [4.78, 5) is 11.9. The summed E-state index contributed by atoms with van der Waals surface area (Å²) in [6.45, 7) is 4.04. The Morgan fingerprint density at radius 3 is 2.45 bits per heavy atom. The lowest BCUT2D eigenvalue weighted by Crippen LogP contribution is -2.17. The summed E-state index contributed by atoms with van der Waals surface area (Å²) in [5, 5.41) is 4.03. The van der Waals surface area contributed by atoms with Gasteiger partial charge in [-0.1, -0.05) is 40.2 Å². The van der Waals surface area contributed by atoms with E-state index in [1.165, 1.54) is 0 Å². The van der Waals surface area contributed by atoms with Gasteiger partial charge in [-0.3, -0.25) is 4.79 Å². The van der Waals surface area contributed by atoms with Crippen LogP contribution in [0.4, 0.5) is 0 Å². The van der Waals surface area contributed by atoms with Crippen molar-refractivity contribution in [3.63, 3.8) is 0 Å². The molecule has 2 aromatic carbocycles. The van der Waals surface area contributed by atoms with Gasteiger partial charge in [-0.15, -0.1) is 0 Å². The van der Waals surface area contributed by atoms with Crippen molar-refractivity contribution < 1.29 is 4.79 Å². The van der Waals surface area contributed by atoms with E-state index >= 15 is 0 Å². The summed E-state index contributed by atoms with van der Waals surface area (Å²) in [6.07, 6.45) is 1.68. The Kier molecular flexibility index (Phi) is 4.69. The van der Waals surface area contributed by atoms with Crippen molar-refractivity contribution in [1.29, 1.82) is 0 Å². The van der Waals surface area contributed by atoms with E-state index < -0.39 is 0 Å². The molecule has 0 bridgehead atoms. The van der Waals surface area contributed by atoms with Crippen LogP contribution in [0.15, 0.2) is 52.0 Å². The van der Waals surface area contributed by atoms with Crippen molar-refractivity contribution in [1.82, 2.24) is 5.43 Å². The molecule has 0 radical (unpaired) electrons. The van der Waals surface area contributed by atoms with Crippen molar-refractivity contribution in [2.75, 3.05) is 0 Å². The molecule has 0 aliphatic rings. The predicted molar refractivity (Wildman–Crippen MR) is 85.1 cm³/mol. The second kappa shape index (κ2) is 6.48. The highest BCUT2D eigenvalue weighted by atomic mass is 79.9. The number of hydrazone groups is 1. The molecule has 0 aromatic heterocycles. The maximum atomic E-state index is 11.9. The van der Waals surface area contributed by atoms with Gasteiger partial charge in [0.05, 0.1) is 6.21 Å². The van der Waals surface area contributed by atoms with Gasteiger partial charge in [-0.25, -0.2) is 5.43 Å². The van der Waals surface area contributed by atoms with Crippen molar-refractivity contribution in [3.8, 4) is 0 Å². The Hall–Kier alpha value is -1.94. The minimum Gasteiger partial charge on any atom is -0.267 e. The molecule has 0 saturated heterocycles. The Morgan fingerprint density at radius 2 is 1.80 bits per heavy atom. The fourth-order valence-corrected chi connectivity index (χ4v) is 2.28. The molecular weight excluding hydrogens is 316 g/mol. The summed E-state index contributed by atoms with van der Waals surface area (Å²) in [7, 11) is 0. The van der Waals surface area contributed by atoms with Gasteiger partial charge in [0, 0.05) is 15.6 Å². The number of rotatable bonds is 3. The highest BCUT2D eigenvalue weighted by Crippen LogP contribution is 2.12. The van der Waals surface area contributed by atoms with E-state index in [9.17, 15) is 4.79 Å². The predicted octanol–water partition coefficient (Wildman–Crippen LogP) is 3.83. The largest absolute Gasteiger partial charge is 0.271 e. The molecule has 3 nitrogen and oxygen atoms in total. The second-order valence-corrected chi connectivity index (χ2v) is 5.43. The molecule has 0 heterocycles. The number of hydrogen-bond acceptors (Lipinski definition) is 2. The second-order valence-electron chi connectivity index (χ2n) is 4.51. The van der Waals surface area contributed by atoms with E-state index in [0.29, 0.717) is 5.56 Å². The number of halogens is 1. The van der Waals surface area contributed by atoms with Crippen LogP contribution in [0.1, 0.15) is 27.0 Å². The summed E-state index contributed by atoms with van der Waals surface area (Å²) in [5.41, 5.74) is 6.40. The molecule has 0 atom stereocenters. The molecule has 4 heteroatoms. The van der Waals surface area contributed by atoms with Gasteiger partial charge in [0.1, 0.15) is 0 Å². The van der Waals surface area contributed by atoms with Crippen molar-refractivity contribution in [3.05, 3.63) is 69.2 Å². The normalized spacial score (nSPS) is 10.8. The van der Waals surface area contributed by atoms with E-state index in [-0.39, 0.29) is 5.91 Å².